The number of hydrogen-bond acceptors (Lipinski definition) is 3. The number of benzene rings is 1. The summed E-state index contributed by atoms with van der Waals surface area (Å²) in [5.41, 5.74) is 0.645. The van der Waals surface area contributed by atoms with Crippen LogP contribution >= 0.6 is 35.0 Å². The molecule has 2 aliphatic rings. The van der Waals surface area contributed by atoms with Crippen LogP contribution in [0.5, 0.6) is 0 Å². The van der Waals surface area contributed by atoms with Gasteiger partial charge in [-0.25, -0.2) is 4.79 Å². The molecule has 0 unspecified atom stereocenters. The van der Waals surface area contributed by atoms with Crippen molar-refractivity contribution in [1.82, 2.24) is 4.90 Å². The van der Waals surface area contributed by atoms with E-state index in [4.69, 9.17) is 23.2 Å². The van der Waals surface area contributed by atoms with Gasteiger partial charge in [-0.05, 0) is 31.0 Å². The maximum absolute atomic E-state index is 12.9. The van der Waals surface area contributed by atoms with Crippen molar-refractivity contribution >= 4 is 51.8 Å². The molecule has 7 heteroatoms. The Labute approximate surface area is 157 Å². The second-order valence-corrected chi connectivity index (χ2v) is 8.49. The highest BCUT2D eigenvalue weighted by atomic mass is 35.5. The first-order valence-corrected chi connectivity index (χ1v) is 9.94. The summed E-state index contributed by atoms with van der Waals surface area (Å²) >= 11 is 13.7. The standard InChI is InChI=1S/C17H21Cl2N3OS/c1-11-10-20-17(24-11)22(13-5-3-2-4-6-13)16(23)21-12-7-8-14(18)15(19)9-12/h7-9,11,13H,2-6,10H2,1H3,(H,21,23)/t11-/m1/s1. The predicted molar refractivity (Wildman–Crippen MR) is 104 cm³/mol. The first-order valence-electron chi connectivity index (χ1n) is 8.31. The molecule has 1 aliphatic carbocycles. The molecule has 0 radical (unpaired) electrons. The number of hydrogen-bond donors (Lipinski definition) is 1. The van der Waals surface area contributed by atoms with Gasteiger partial charge in [0, 0.05) is 17.0 Å². The zero-order chi connectivity index (χ0) is 17.1. The van der Waals surface area contributed by atoms with E-state index in [2.05, 4.69) is 17.2 Å². The molecule has 4 nitrogen and oxygen atoms in total. The summed E-state index contributed by atoms with van der Waals surface area (Å²) in [6, 6.07) is 5.21. The number of rotatable bonds is 2. The van der Waals surface area contributed by atoms with Crippen molar-refractivity contribution in [2.45, 2.75) is 50.3 Å². The smallest absolute Gasteiger partial charge is 0.307 e. The van der Waals surface area contributed by atoms with Gasteiger partial charge in [-0.1, -0.05) is 61.1 Å². The van der Waals surface area contributed by atoms with Crippen LogP contribution in [0.15, 0.2) is 23.2 Å². The number of carbonyl (C=O) groups is 1. The molecule has 1 heterocycles. The summed E-state index contributed by atoms with van der Waals surface area (Å²) in [6.07, 6.45) is 5.63. The van der Waals surface area contributed by atoms with E-state index < -0.39 is 0 Å². The number of nitrogens with one attached hydrogen (secondary N) is 1. The SMILES string of the molecule is C[C@@H]1CN=C(N(C(=O)Nc2ccc(Cl)c(Cl)c2)C2CCCCC2)S1. The van der Waals surface area contributed by atoms with Crippen molar-refractivity contribution < 1.29 is 4.79 Å². The average molecular weight is 386 g/mol. The molecule has 1 N–H and O–H groups in total. The maximum Gasteiger partial charge on any atom is 0.328 e. The van der Waals surface area contributed by atoms with Gasteiger partial charge < -0.3 is 5.32 Å². The predicted octanol–water partition coefficient (Wildman–Crippen LogP) is 5.65. The lowest BCUT2D eigenvalue weighted by Crippen LogP contribution is -2.46. The quantitative estimate of drug-likeness (QED) is 0.714. The summed E-state index contributed by atoms with van der Waals surface area (Å²) in [7, 11) is 0. The number of thioether (sulfide) groups is 1. The Morgan fingerprint density at radius 2 is 2.00 bits per heavy atom. The molecule has 130 valence electrons. The summed E-state index contributed by atoms with van der Waals surface area (Å²) in [6.45, 7) is 2.90. The van der Waals surface area contributed by atoms with Crippen molar-refractivity contribution in [1.29, 1.82) is 0 Å². The molecule has 2 amide bonds. The van der Waals surface area contributed by atoms with E-state index in [1.807, 2.05) is 4.90 Å². The van der Waals surface area contributed by atoms with E-state index in [-0.39, 0.29) is 12.1 Å². The number of amides is 2. The van der Waals surface area contributed by atoms with Gasteiger partial charge in [-0.15, -0.1) is 0 Å². The van der Waals surface area contributed by atoms with Crippen molar-refractivity contribution in [3.63, 3.8) is 0 Å². The summed E-state index contributed by atoms with van der Waals surface area (Å²) in [4.78, 5) is 19.4. The number of halogens is 2. The van der Waals surface area contributed by atoms with Gasteiger partial charge in [0.05, 0.1) is 16.6 Å². The highest BCUT2D eigenvalue weighted by molar-refractivity contribution is 8.14. The molecule has 0 saturated heterocycles. The van der Waals surface area contributed by atoms with E-state index in [0.29, 0.717) is 21.0 Å². The van der Waals surface area contributed by atoms with Crippen LogP contribution in [0.1, 0.15) is 39.0 Å². The number of anilines is 1. The fraction of sp³-hybridized carbons (Fsp3) is 0.529. The van der Waals surface area contributed by atoms with Crippen LogP contribution in [-0.2, 0) is 0 Å². The normalized spacial score (nSPS) is 21.5. The number of aliphatic imine (C=N–C) groups is 1. The van der Waals surface area contributed by atoms with Crippen molar-refractivity contribution in [2.75, 3.05) is 11.9 Å². The van der Waals surface area contributed by atoms with Gasteiger partial charge in [0.1, 0.15) is 0 Å². The Morgan fingerprint density at radius 1 is 1.25 bits per heavy atom. The lowest BCUT2D eigenvalue weighted by molar-refractivity contribution is 0.209. The van der Waals surface area contributed by atoms with E-state index in [9.17, 15) is 4.79 Å². The minimum atomic E-state index is -0.138. The highest BCUT2D eigenvalue weighted by Crippen LogP contribution is 2.31. The lowest BCUT2D eigenvalue weighted by atomic mass is 9.94. The Morgan fingerprint density at radius 3 is 2.62 bits per heavy atom. The van der Waals surface area contributed by atoms with Crippen LogP contribution in [0.2, 0.25) is 10.0 Å². The molecule has 1 aliphatic heterocycles. The van der Waals surface area contributed by atoms with E-state index in [1.165, 1.54) is 6.42 Å². The fourth-order valence-electron chi connectivity index (χ4n) is 3.10. The molecular weight excluding hydrogens is 365 g/mol. The molecule has 0 spiro atoms. The van der Waals surface area contributed by atoms with E-state index in [0.717, 1.165) is 37.4 Å². The van der Waals surface area contributed by atoms with Gasteiger partial charge in [-0.3, -0.25) is 9.89 Å². The van der Waals surface area contributed by atoms with Crippen molar-refractivity contribution in [3.05, 3.63) is 28.2 Å². The molecule has 1 aromatic carbocycles. The van der Waals surface area contributed by atoms with Crippen molar-refractivity contribution in [2.24, 2.45) is 4.99 Å². The third kappa shape index (κ3) is 4.19. The van der Waals surface area contributed by atoms with Crippen LogP contribution in [0.4, 0.5) is 10.5 Å². The summed E-state index contributed by atoms with van der Waals surface area (Å²) in [5, 5.41) is 5.11. The molecule has 1 aromatic rings. The molecule has 24 heavy (non-hydrogen) atoms. The molecule has 0 aromatic heterocycles. The minimum Gasteiger partial charge on any atom is -0.307 e. The van der Waals surface area contributed by atoms with Crippen LogP contribution in [-0.4, -0.2) is 33.9 Å². The van der Waals surface area contributed by atoms with Gasteiger partial charge in [0.2, 0.25) is 0 Å². The zero-order valence-corrected chi connectivity index (χ0v) is 15.9. The van der Waals surface area contributed by atoms with Gasteiger partial charge in [-0.2, -0.15) is 0 Å². The van der Waals surface area contributed by atoms with Crippen LogP contribution in [0.25, 0.3) is 0 Å². The second-order valence-electron chi connectivity index (χ2n) is 6.27. The zero-order valence-electron chi connectivity index (χ0n) is 13.6. The topological polar surface area (TPSA) is 44.7 Å². The minimum absolute atomic E-state index is 0.138. The Balaban J connectivity index is 1.78. The monoisotopic (exact) mass is 385 g/mol. The molecule has 1 atom stereocenters. The average Bonchev–Trinajstić information content (AvgIpc) is 2.98. The summed E-state index contributed by atoms with van der Waals surface area (Å²) in [5.74, 6) is 0. The van der Waals surface area contributed by atoms with Crippen LogP contribution < -0.4 is 5.32 Å². The maximum atomic E-state index is 12.9. The second kappa shape index (κ2) is 7.98. The fourth-order valence-corrected chi connectivity index (χ4v) is 4.40. The van der Waals surface area contributed by atoms with Crippen molar-refractivity contribution in [3.8, 4) is 0 Å². The van der Waals surface area contributed by atoms with Crippen LogP contribution in [0, 0.1) is 0 Å². The van der Waals surface area contributed by atoms with Gasteiger partial charge >= 0.3 is 6.03 Å². The molecule has 3 rings (SSSR count). The number of urea groups is 1. The van der Waals surface area contributed by atoms with E-state index in [1.54, 1.807) is 30.0 Å². The third-order valence-corrected chi connectivity index (χ3v) is 6.15. The number of nitrogens with zero attached hydrogens (tertiary/aromatic N) is 2. The van der Waals surface area contributed by atoms with Gasteiger partial charge in [0.25, 0.3) is 0 Å². The van der Waals surface area contributed by atoms with Crippen LogP contribution in [0.3, 0.4) is 0 Å². The molecular formula is C17H21Cl2N3OS. The Kier molecular flexibility index (Phi) is 5.95. The Hall–Kier alpha value is -0.910. The molecule has 0 bridgehead atoms. The first kappa shape index (κ1) is 17.9. The highest BCUT2D eigenvalue weighted by Gasteiger charge is 2.32. The summed E-state index contributed by atoms with van der Waals surface area (Å²) < 4.78 is 0. The van der Waals surface area contributed by atoms with E-state index >= 15 is 0 Å². The van der Waals surface area contributed by atoms with Gasteiger partial charge in [0.15, 0.2) is 5.17 Å². The largest absolute Gasteiger partial charge is 0.328 e. The Bertz CT molecular complexity index is 647. The molecule has 1 fully saturated rings. The number of amidine groups is 1. The lowest BCUT2D eigenvalue weighted by Gasteiger charge is -2.33. The molecule has 1 saturated carbocycles. The third-order valence-electron chi connectivity index (χ3n) is 4.33. The number of carbonyl (C=O) groups excluding carboxylic acids is 1. The first-order chi connectivity index (χ1) is 11.5.